The maximum atomic E-state index is 12.3. The fraction of sp³-hybridized carbons (Fsp3) is 0.462. The van der Waals surface area contributed by atoms with Crippen molar-refractivity contribution in [3.05, 3.63) is 35.4 Å². The maximum Gasteiger partial charge on any atom is 0.337 e. The number of rotatable bonds is 7. The first-order chi connectivity index (χ1) is 9.76. The van der Waals surface area contributed by atoms with Gasteiger partial charge in [-0.05, 0) is 31.7 Å². The van der Waals surface area contributed by atoms with Gasteiger partial charge in [-0.15, -0.1) is 12.4 Å². The number of benzene rings is 1. The number of hydrogen-bond acceptors (Lipinski definition) is 4. The lowest BCUT2D eigenvalue weighted by molar-refractivity contribution is 0.0950. The average Bonchev–Trinajstić information content (AvgIpc) is 2.44. The van der Waals surface area contributed by atoms with Crippen LogP contribution in [0.4, 0.5) is 8.78 Å². The van der Waals surface area contributed by atoms with Crippen molar-refractivity contribution >= 4 is 28.2 Å². The Hall–Kier alpha value is -1.25. The SMILES string of the molecule is CNC(C)CNC(=O)c1ccc(CS(=O)(=O)C(F)F)cc1.Cl. The number of amides is 1. The first-order valence-corrected chi connectivity index (χ1v) is 8.02. The predicted octanol–water partition coefficient (Wildman–Crippen LogP) is 1.58. The van der Waals surface area contributed by atoms with Crippen LogP contribution in [-0.4, -0.2) is 39.7 Å². The summed E-state index contributed by atoms with van der Waals surface area (Å²) in [5.41, 5.74) is 0.562. The molecule has 9 heteroatoms. The lowest BCUT2D eigenvalue weighted by Crippen LogP contribution is -2.37. The summed E-state index contributed by atoms with van der Waals surface area (Å²) < 4.78 is 46.7. The van der Waals surface area contributed by atoms with Crippen molar-refractivity contribution in [2.75, 3.05) is 13.6 Å². The van der Waals surface area contributed by atoms with Crippen molar-refractivity contribution in [2.24, 2.45) is 0 Å². The molecule has 0 fully saturated rings. The van der Waals surface area contributed by atoms with Gasteiger partial charge in [-0.25, -0.2) is 8.42 Å². The number of carbonyl (C=O) groups is 1. The van der Waals surface area contributed by atoms with Crippen LogP contribution in [0.2, 0.25) is 0 Å². The van der Waals surface area contributed by atoms with Gasteiger partial charge in [-0.2, -0.15) is 8.78 Å². The first kappa shape index (κ1) is 20.8. The summed E-state index contributed by atoms with van der Waals surface area (Å²) in [4.78, 5) is 11.8. The van der Waals surface area contributed by atoms with E-state index in [9.17, 15) is 22.0 Å². The zero-order valence-corrected chi connectivity index (χ0v) is 13.8. The van der Waals surface area contributed by atoms with Crippen LogP contribution in [0.3, 0.4) is 0 Å². The summed E-state index contributed by atoms with van der Waals surface area (Å²) in [5.74, 6) is -4.45. The fourth-order valence-electron chi connectivity index (χ4n) is 1.50. The smallest absolute Gasteiger partial charge is 0.337 e. The molecule has 1 aromatic rings. The van der Waals surface area contributed by atoms with Crippen LogP contribution < -0.4 is 10.6 Å². The summed E-state index contributed by atoms with van der Waals surface area (Å²) in [6.45, 7) is 2.34. The number of alkyl halides is 2. The number of carbonyl (C=O) groups excluding carboxylic acids is 1. The Bertz CT molecular complexity index is 579. The first-order valence-electron chi connectivity index (χ1n) is 6.30. The van der Waals surface area contributed by atoms with Crippen LogP contribution in [0, 0.1) is 0 Å². The third-order valence-corrected chi connectivity index (χ3v) is 4.20. The molecule has 0 saturated heterocycles. The van der Waals surface area contributed by atoms with Gasteiger partial charge in [-0.3, -0.25) is 4.79 Å². The lowest BCUT2D eigenvalue weighted by atomic mass is 10.1. The predicted molar refractivity (Wildman–Crippen MR) is 83.2 cm³/mol. The molecule has 0 radical (unpaired) electrons. The standard InChI is InChI=1S/C13H18F2N2O3S.ClH/c1-9(16-2)7-17-12(18)11-5-3-10(4-6-11)8-21(19,20)13(14)15;/h3-6,9,13,16H,7-8H2,1-2H3,(H,17,18);1H. The van der Waals surface area contributed by atoms with E-state index < -0.39 is 21.3 Å². The number of hydrogen-bond donors (Lipinski definition) is 2. The molecule has 1 rings (SSSR count). The Balaban J connectivity index is 0.00000441. The van der Waals surface area contributed by atoms with Crippen LogP contribution in [0.5, 0.6) is 0 Å². The van der Waals surface area contributed by atoms with E-state index in [0.717, 1.165) is 0 Å². The van der Waals surface area contributed by atoms with Gasteiger partial charge < -0.3 is 10.6 Å². The largest absolute Gasteiger partial charge is 0.350 e. The summed E-state index contributed by atoms with van der Waals surface area (Å²) >= 11 is 0. The Morgan fingerprint density at radius 1 is 1.23 bits per heavy atom. The van der Waals surface area contributed by atoms with Gasteiger partial charge in [0.2, 0.25) is 9.84 Å². The van der Waals surface area contributed by atoms with E-state index >= 15 is 0 Å². The fourth-order valence-corrected chi connectivity index (χ4v) is 2.28. The monoisotopic (exact) mass is 356 g/mol. The quantitative estimate of drug-likeness (QED) is 0.778. The Morgan fingerprint density at radius 3 is 2.23 bits per heavy atom. The molecule has 0 aliphatic carbocycles. The molecule has 0 bridgehead atoms. The molecule has 1 unspecified atom stereocenters. The van der Waals surface area contributed by atoms with E-state index in [0.29, 0.717) is 12.1 Å². The minimum atomic E-state index is -4.45. The molecule has 1 amide bonds. The van der Waals surface area contributed by atoms with Crippen molar-refractivity contribution in [1.29, 1.82) is 0 Å². The third-order valence-electron chi connectivity index (χ3n) is 2.92. The van der Waals surface area contributed by atoms with Gasteiger partial charge in [0.25, 0.3) is 5.91 Å². The van der Waals surface area contributed by atoms with E-state index in [1.165, 1.54) is 24.3 Å². The van der Waals surface area contributed by atoms with E-state index in [2.05, 4.69) is 10.6 Å². The molecule has 1 atom stereocenters. The van der Waals surface area contributed by atoms with Gasteiger partial charge in [0.05, 0.1) is 5.75 Å². The van der Waals surface area contributed by atoms with Crippen molar-refractivity contribution in [1.82, 2.24) is 10.6 Å². The molecule has 0 aromatic heterocycles. The normalized spacial score (nSPS) is 12.6. The van der Waals surface area contributed by atoms with Crippen molar-refractivity contribution in [3.63, 3.8) is 0 Å². The van der Waals surface area contributed by atoms with E-state index in [4.69, 9.17) is 0 Å². The van der Waals surface area contributed by atoms with Crippen LogP contribution in [0.1, 0.15) is 22.8 Å². The molecule has 0 spiro atoms. The molecule has 126 valence electrons. The van der Waals surface area contributed by atoms with Gasteiger partial charge in [0, 0.05) is 18.2 Å². The van der Waals surface area contributed by atoms with Gasteiger partial charge in [0.15, 0.2) is 0 Å². The molecule has 1 aromatic carbocycles. The van der Waals surface area contributed by atoms with E-state index in [1.807, 2.05) is 6.92 Å². The van der Waals surface area contributed by atoms with Crippen molar-refractivity contribution in [2.45, 2.75) is 24.5 Å². The highest BCUT2D eigenvalue weighted by atomic mass is 35.5. The summed E-state index contributed by atoms with van der Waals surface area (Å²) in [6, 6.07) is 5.65. The average molecular weight is 357 g/mol. The Morgan fingerprint density at radius 2 is 1.77 bits per heavy atom. The molecular formula is C13H19ClF2N2O3S. The number of likely N-dealkylation sites (N-methyl/N-ethyl adjacent to an activating group) is 1. The van der Waals surface area contributed by atoms with E-state index in [1.54, 1.807) is 7.05 Å². The number of nitrogens with one attached hydrogen (secondary N) is 2. The Kier molecular flexibility index (Phi) is 8.50. The van der Waals surface area contributed by atoms with Crippen LogP contribution >= 0.6 is 12.4 Å². The summed E-state index contributed by atoms with van der Waals surface area (Å²) in [6.07, 6.45) is 0. The molecule has 0 aliphatic heterocycles. The van der Waals surface area contributed by atoms with Gasteiger partial charge in [0.1, 0.15) is 0 Å². The van der Waals surface area contributed by atoms with Gasteiger partial charge in [-0.1, -0.05) is 12.1 Å². The highest BCUT2D eigenvalue weighted by molar-refractivity contribution is 7.90. The molecule has 22 heavy (non-hydrogen) atoms. The lowest BCUT2D eigenvalue weighted by Gasteiger charge is -2.11. The minimum absolute atomic E-state index is 0. The number of sulfone groups is 1. The van der Waals surface area contributed by atoms with Crippen LogP contribution in [0.25, 0.3) is 0 Å². The number of halogens is 3. The second-order valence-corrected chi connectivity index (χ2v) is 6.64. The van der Waals surface area contributed by atoms with Crippen molar-refractivity contribution < 1.29 is 22.0 Å². The zero-order chi connectivity index (χ0) is 16.0. The zero-order valence-electron chi connectivity index (χ0n) is 12.2. The highest BCUT2D eigenvalue weighted by Gasteiger charge is 2.24. The summed E-state index contributed by atoms with van der Waals surface area (Å²) in [7, 11) is -2.68. The summed E-state index contributed by atoms with van der Waals surface area (Å²) in [5, 5.41) is 5.66. The van der Waals surface area contributed by atoms with Crippen molar-refractivity contribution in [3.8, 4) is 0 Å². The second kappa shape index (κ2) is 9.02. The molecule has 5 nitrogen and oxygen atoms in total. The molecule has 0 heterocycles. The second-order valence-electron chi connectivity index (χ2n) is 4.66. The minimum Gasteiger partial charge on any atom is -0.350 e. The van der Waals surface area contributed by atoms with Crippen LogP contribution in [0.15, 0.2) is 24.3 Å². The van der Waals surface area contributed by atoms with Crippen LogP contribution in [-0.2, 0) is 15.6 Å². The van der Waals surface area contributed by atoms with Gasteiger partial charge >= 0.3 is 5.76 Å². The Labute approximate surface area is 134 Å². The van der Waals surface area contributed by atoms with E-state index in [-0.39, 0.29) is 29.9 Å². The highest BCUT2D eigenvalue weighted by Crippen LogP contribution is 2.14. The third kappa shape index (κ3) is 6.25. The maximum absolute atomic E-state index is 12.3. The molecule has 0 aliphatic rings. The molecular weight excluding hydrogens is 338 g/mol. The molecule has 0 saturated carbocycles. The topological polar surface area (TPSA) is 75.3 Å². The molecule has 2 N–H and O–H groups in total.